The third-order valence-corrected chi connectivity index (χ3v) is 9.18. The number of hydrogen-bond donors (Lipinski definition) is 1. The second-order valence-corrected chi connectivity index (χ2v) is 11.9. The summed E-state index contributed by atoms with van der Waals surface area (Å²) in [5.74, 6) is -0.128. The van der Waals surface area contributed by atoms with Gasteiger partial charge < -0.3 is 4.90 Å². The van der Waals surface area contributed by atoms with E-state index in [0.717, 1.165) is 41.6 Å². The molecule has 1 amide bonds. The Balaban J connectivity index is 1.36. The van der Waals surface area contributed by atoms with Gasteiger partial charge in [0.15, 0.2) is 0 Å². The Morgan fingerprint density at radius 3 is 2.48 bits per heavy atom. The van der Waals surface area contributed by atoms with Crippen LogP contribution in [0.2, 0.25) is 5.02 Å². The van der Waals surface area contributed by atoms with E-state index in [1.807, 2.05) is 18.2 Å². The lowest BCUT2D eigenvalue weighted by Gasteiger charge is -2.34. The molecule has 6 nitrogen and oxygen atoms in total. The first-order chi connectivity index (χ1) is 14.7. The molecule has 0 atom stereocenters. The predicted molar refractivity (Wildman–Crippen MR) is 126 cm³/mol. The summed E-state index contributed by atoms with van der Waals surface area (Å²) < 4.78 is 23.2. The zero-order valence-corrected chi connectivity index (χ0v) is 20.1. The number of benzene rings is 1. The van der Waals surface area contributed by atoms with Crippen molar-refractivity contribution in [2.45, 2.75) is 17.7 Å². The van der Waals surface area contributed by atoms with E-state index in [9.17, 15) is 13.2 Å². The molecule has 0 saturated carbocycles. The van der Waals surface area contributed by atoms with Crippen molar-refractivity contribution in [3.8, 4) is 10.4 Å². The van der Waals surface area contributed by atoms with E-state index >= 15 is 0 Å². The van der Waals surface area contributed by atoms with Gasteiger partial charge in [0.2, 0.25) is 10.0 Å². The van der Waals surface area contributed by atoms with E-state index in [4.69, 9.17) is 16.7 Å². The van der Waals surface area contributed by atoms with Gasteiger partial charge in [0.05, 0.1) is 4.88 Å². The van der Waals surface area contributed by atoms with Gasteiger partial charge in [0.1, 0.15) is 4.21 Å². The van der Waals surface area contributed by atoms with Gasteiger partial charge in [-0.2, -0.15) is 0 Å². The molecule has 1 aromatic carbocycles. The average molecular weight is 496 g/mol. The van der Waals surface area contributed by atoms with Crippen molar-refractivity contribution < 1.29 is 13.2 Å². The molecule has 4 rings (SSSR count). The van der Waals surface area contributed by atoms with Crippen LogP contribution in [-0.2, 0) is 16.6 Å². The summed E-state index contributed by atoms with van der Waals surface area (Å²) in [6.07, 6.45) is 0. The van der Waals surface area contributed by atoms with Crippen molar-refractivity contribution in [1.82, 2.24) is 9.80 Å². The molecule has 1 aliphatic rings. The number of carbonyl (C=O) groups is 1. The van der Waals surface area contributed by atoms with Crippen LogP contribution in [0.3, 0.4) is 0 Å². The Morgan fingerprint density at radius 2 is 1.84 bits per heavy atom. The van der Waals surface area contributed by atoms with Crippen molar-refractivity contribution in [3.05, 3.63) is 62.8 Å². The van der Waals surface area contributed by atoms with Crippen LogP contribution in [-0.4, -0.2) is 50.3 Å². The van der Waals surface area contributed by atoms with Gasteiger partial charge in [-0.1, -0.05) is 23.7 Å². The molecule has 3 aromatic rings. The summed E-state index contributed by atoms with van der Waals surface area (Å²) in [5, 5.41) is 5.93. The zero-order chi connectivity index (χ0) is 22.2. The number of nitrogens with zero attached hydrogens (tertiary/aromatic N) is 2. The number of nitrogens with two attached hydrogens (primary N) is 1. The smallest absolute Gasteiger partial charge is 0.264 e. The number of hydrogen-bond acceptors (Lipinski definition) is 6. The Bertz CT molecular complexity index is 1210. The largest absolute Gasteiger partial charge is 0.335 e. The Labute approximate surface area is 194 Å². The number of rotatable bonds is 5. The van der Waals surface area contributed by atoms with Crippen LogP contribution in [0.4, 0.5) is 0 Å². The first-order valence-electron chi connectivity index (χ1n) is 9.70. The topological polar surface area (TPSA) is 83.7 Å². The molecule has 10 heteroatoms. The molecule has 1 aliphatic heterocycles. The van der Waals surface area contributed by atoms with Crippen molar-refractivity contribution in [1.29, 1.82) is 0 Å². The van der Waals surface area contributed by atoms with Crippen LogP contribution in [0.15, 0.2) is 46.7 Å². The molecule has 2 aromatic heterocycles. The lowest BCUT2D eigenvalue weighted by atomic mass is 10.2. The number of aryl methyl sites for hydroxylation is 1. The van der Waals surface area contributed by atoms with Gasteiger partial charge in [-0.25, -0.2) is 13.6 Å². The van der Waals surface area contributed by atoms with E-state index in [1.54, 1.807) is 23.2 Å². The summed E-state index contributed by atoms with van der Waals surface area (Å²) in [6, 6.07) is 13.6. The van der Waals surface area contributed by atoms with Gasteiger partial charge in [-0.3, -0.25) is 9.69 Å². The third-order valence-electron chi connectivity index (χ3n) is 5.18. The second kappa shape index (κ2) is 9.01. The number of piperazine rings is 1. The van der Waals surface area contributed by atoms with Crippen molar-refractivity contribution >= 4 is 50.2 Å². The summed E-state index contributed by atoms with van der Waals surface area (Å²) in [6.45, 7) is 5.32. The molecule has 1 saturated heterocycles. The Morgan fingerprint density at radius 1 is 1.10 bits per heavy atom. The molecule has 0 radical (unpaired) electrons. The highest BCUT2D eigenvalue weighted by Crippen LogP contribution is 2.31. The van der Waals surface area contributed by atoms with Crippen LogP contribution in [0, 0.1) is 6.92 Å². The van der Waals surface area contributed by atoms with Gasteiger partial charge in [0, 0.05) is 47.5 Å². The van der Waals surface area contributed by atoms with Crippen LogP contribution < -0.4 is 5.14 Å². The van der Waals surface area contributed by atoms with Gasteiger partial charge in [-0.15, -0.1) is 22.7 Å². The van der Waals surface area contributed by atoms with Crippen molar-refractivity contribution in [2.24, 2.45) is 5.14 Å². The van der Waals surface area contributed by atoms with E-state index in [1.165, 1.54) is 15.8 Å². The minimum atomic E-state index is -3.80. The maximum absolute atomic E-state index is 12.9. The van der Waals surface area contributed by atoms with Gasteiger partial charge in [0.25, 0.3) is 5.91 Å². The first-order valence-corrected chi connectivity index (χ1v) is 13.3. The van der Waals surface area contributed by atoms with E-state index < -0.39 is 10.0 Å². The molecular weight excluding hydrogens is 474 g/mol. The quantitative estimate of drug-likeness (QED) is 0.579. The van der Waals surface area contributed by atoms with Crippen LogP contribution in [0.25, 0.3) is 10.4 Å². The molecule has 3 heterocycles. The fourth-order valence-corrected chi connectivity index (χ4v) is 6.70. The second-order valence-electron chi connectivity index (χ2n) is 7.47. The SMILES string of the molecule is Cc1cc(S(N)(=O)=O)sc1C(=O)N1CCN(Cc2ccc(-c3cccc(Cl)c3)s2)CC1. The number of thiophene rings is 2. The fourth-order valence-electron chi connectivity index (χ4n) is 3.54. The summed E-state index contributed by atoms with van der Waals surface area (Å²) in [7, 11) is -3.80. The fraction of sp³-hybridized carbons (Fsp3) is 0.286. The molecule has 0 unspecified atom stereocenters. The third kappa shape index (κ3) is 5.19. The highest BCUT2D eigenvalue weighted by atomic mass is 35.5. The molecule has 0 bridgehead atoms. The Kier molecular flexibility index (Phi) is 6.52. The molecule has 2 N–H and O–H groups in total. The number of sulfonamides is 1. The standard InChI is InChI=1S/C21H22ClN3O3S3/c1-14-11-19(31(23,27)28)30-20(14)21(26)25-9-7-24(8-10-25)13-17-5-6-18(29-17)15-3-2-4-16(22)12-15/h2-6,11-12H,7-10,13H2,1H3,(H2,23,27,28). The molecule has 31 heavy (non-hydrogen) atoms. The van der Waals surface area contributed by atoms with Gasteiger partial charge in [-0.05, 0) is 48.4 Å². The lowest BCUT2D eigenvalue weighted by Crippen LogP contribution is -2.48. The van der Waals surface area contributed by atoms with Crippen LogP contribution in [0.1, 0.15) is 20.1 Å². The normalized spacial score (nSPS) is 15.4. The summed E-state index contributed by atoms with van der Waals surface area (Å²) in [5.41, 5.74) is 1.76. The minimum absolute atomic E-state index is 0.0280. The average Bonchev–Trinajstić information content (AvgIpc) is 3.35. The first kappa shape index (κ1) is 22.4. The maximum atomic E-state index is 12.9. The number of carbonyl (C=O) groups excluding carboxylic acids is 1. The number of primary sulfonamides is 1. The highest BCUT2D eigenvalue weighted by Gasteiger charge is 2.26. The zero-order valence-electron chi connectivity index (χ0n) is 16.9. The van der Waals surface area contributed by atoms with Gasteiger partial charge >= 0.3 is 0 Å². The maximum Gasteiger partial charge on any atom is 0.264 e. The van der Waals surface area contributed by atoms with E-state index in [2.05, 4.69) is 23.1 Å². The molecule has 164 valence electrons. The summed E-state index contributed by atoms with van der Waals surface area (Å²) >= 11 is 8.80. The number of halogens is 1. The summed E-state index contributed by atoms with van der Waals surface area (Å²) in [4.78, 5) is 19.9. The van der Waals surface area contributed by atoms with Crippen molar-refractivity contribution in [2.75, 3.05) is 26.2 Å². The monoisotopic (exact) mass is 495 g/mol. The van der Waals surface area contributed by atoms with Crippen LogP contribution >= 0.6 is 34.3 Å². The predicted octanol–water partition coefficient (Wildman–Crippen LogP) is 4.04. The molecule has 1 fully saturated rings. The molecule has 0 spiro atoms. The van der Waals surface area contributed by atoms with E-state index in [-0.39, 0.29) is 10.1 Å². The number of amides is 1. The van der Waals surface area contributed by atoms with E-state index in [0.29, 0.717) is 23.5 Å². The highest BCUT2D eigenvalue weighted by molar-refractivity contribution is 7.91. The Hall–Kier alpha value is -1.75. The van der Waals surface area contributed by atoms with Crippen LogP contribution in [0.5, 0.6) is 0 Å². The van der Waals surface area contributed by atoms with Crippen molar-refractivity contribution in [3.63, 3.8) is 0 Å². The lowest BCUT2D eigenvalue weighted by molar-refractivity contribution is 0.0634. The minimum Gasteiger partial charge on any atom is -0.335 e. The molecule has 0 aliphatic carbocycles. The molecular formula is C21H22ClN3O3S3.